The second-order valence-electron chi connectivity index (χ2n) is 3.79. The smallest absolute Gasteiger partial charge is 0.129 e. The van der Waals surface area contributed by atoms with E-state index in [9.17, 15) is 8.78 Å². The third kappa shape index (κ3) is 2.57. The van der Waals surface area contributed by atoms with Gasteiger partial charge in [0.2, 0.25) is 0 Å². The summed E-state index contributed by atoms with van der Waals surface area (Å²) in [4.78, 5) is 0. The molecule has 1 aliphatic rings. The molecule has 0 nitrogen and oxygen atoms in total. The van der Waals surface area contributed by atoms with Gasteiger partial charge in [0.25, 0.3) is 0 Å². The highest BCUT2D eigenvalue weighted by atomic mass is 35.5. The third-order valence-corrected chi connectivity index (χ3v) is 2.93. The Bertz CT molecular complexity index is 399. The zero-order chi connectivity index (χ0) is 10.8. The van der Waals surface area contributed by atoms with E-state index in [-0.39, 0.29) is 5.38 Å². The van der Waals surface area contributed by atoms with Crippen molar-refractivity contribution in [3.63, 3.8) is 0 Å². The fourth-order valence-electron chi connectivity index (χ4n) is 1.80. The van der Waals surface area contributed by atoms with Crippen LogP contribution in [0.25, 0.3) is 0 Å². The fraction of sp³-hybridized carbons (Fsp3) is 0.333. The van der Waals surface area contributed by atoms with E-state index in [2.05, 4.69) is 0 Å². The van der Waals surface area contributed by atoms with Gasteiger partial charge in [-0.05, 0) is 30.9 Å². The highest BCUT2D eigenvalue weighted by molar-refractivity contribution is 6.22. The van der Waals surface area contributed by atoms with E-state index in [0.717, 1.165) is 24.5 Å². The molecule has 0 N–H and O–H groups in total. The maximum absolute atomic E-state index is 13.3. The lowest BCUT2D eigenvalue weighted by molar-refractivity contribution is 0.574. The first-order valence-electron chi connectivity index (χ1n) is 4.93. The van der Waals surface area contributed by atoms with Crippen molar-refractivity contribution in [3.8, 4) is 0 Å². The average molecular weight is 229 g/mol. The molecule has 15 heavy (non-hydrogen) atoms. The summed E-state index contributed by atoms with van der Waals surface area (Å²) in [6.07, 6.45) is 4.32. The Balaban J connectivity index is 2.14. The maximum Gasteiger partial charge on any atom is 0.129 e. The van der Waals surface area contributed by atoms with Crippen molar-refractivity contribution >= 4 is 11.6 Å². The van der Waals surface area contributed by atoms with Crippen LogP contribution in [-0.4, -0.2) is 5.38 Å². The first-order chi connectivity index (χ1) is 7.15. The molecule has 0 bridgehead atoms. The summed E-state index contributed by atoms with van der Waals surface area (Å²) < 4.78 is 25.9. The molecule has 1 unspecified atom stereocenters. The molecule has 0 aromatic heterocycles. The number of rotatable bonds is 2. The van der Waals surface area contributed by atoms with Crippen LogP contribution >= 0.6 is 11.6 Å². The van der Waals surface area contributed by atoms with Crippen LogP contribution in [0.1, 0.15) is 18.4 Å². The number of hydrogen-bond acceptors (Lipinski definition) is 0. The van der Waals surface area contributed by atoms with E-state index in [1.807, 2.05) is 6.08 Å². The first kappa shape index (κ1) is 10.6. The molecular formula is C12H11ClF2. The normalized spacial score (nSPS) is 20.5. The quantitative estimate of drug-likeness (QED) is 0.533. The molecule has 0 saturated heterocycles. The summed E-state index contributed by atoms with van der Waals surface area (Å²) in [5, 5.41) is 0.0727. The lowest BCUT2D eigenvalue weighted by atomic mass is 10.0. The lowest BCUT2D eigenvalue weighted by Gasteiger charge is -2.03. The van der Waals surface area contributed by atoms with E-state index in [1.54, 1.807) is 0 Å². The molecule has 0 heterocycles. The number of halogens is 3. The summed E-state index contributed by atoms with van der Waals surface area (Å²) in [5.41, 5.74) is 1.67. The zero-order valence-electron chi connectivity index (χ0n) is 8.14. The van der Waals surface area contributed by atoms with Gasteiger partial charge in [-0.3, -0.25) is 0 Å². The van der Waals surface area contributed by atoms with Crippen molar-refractivity contribution in [2.75, 3.05) is 0 Å². The van der Waals surface area contributed by atoms with Crippen LogP contribution in [0.4, 0.5) is 8.78 Å². The SMILES string of the molecule is Fc1ccc(CC2=CC(Cl)CC2)c(F)c1. The topological polar surface area (TPSA) is 0 Å². The monoisotopic (exact) mass is 228 g/mol. The van der Waals surface area contributed by atoms with Crippen LogP contribution in [0.5, 0.6) is 0 Å². The van der Waals surface area contributed by atoms with E-state index >= 15 is 0 Å². The van der Waals surface area contributed by atoms with Crippen molar-refractivity contribution in [3.05, 3.63) is 47.0 Å². The molecule has 2 rings (SSSR count). The number of allylic oxidation sites excluding steroid dienone is 2. The summed E-state index contributed by atoms with van der Waals surface area (Å²) in [7, 11) is 0. The number of benzene rings is 1. The molecule has 1 atom stereocenters. The maximum atomic E-state index is 13.3. The molecule has 0 aliphatic heterocycles. The van der Waals surface area contributed by atoms with Crippen molar-refractivity contribution in [1.29, 1.82) is 0 Å². The molecule has 1 aliphatic carbocycles. The third-order valence-electron chi connectivity index (χ3n) is 2.59. The van der Waals surface area contributed by atoms with E-state index in [0.29, 0.717) is 12.0 Å². The molecule has 0 radical (unpaired) electrons. The van der Waals surface area contributed by atoms with Gasteiger partial charge in [-0.25, -0.2) is 8.78 Å². The molecular weight excluding hydrogens is 218 g/mol. The van der Waals surface area contributed by atoms with Crippen molar-refractivity contribution in [1.82, 2.24) is 0 Å². The van der Waals surface area contributed by atoms with Crippen molar-refractivity contribution < 1.29 is 8.78 Å². The Labute approximate surface area is 92.6 Å². The largest absolute Gasteiger partial charge is 0.207 e. The van der Waals surface area contributed by atoms with Crippen LogP contribution in [0.3, 0.4) is 0 Å². The fourth-order valence-corrected chi connectivity index (χ4v) is 2.09. The van der Waals surface area contributed by atoms with Gasteiger partial charge in [-0.2, -0.15) is 0 Å². The van der Waals surface area contributed by atoms with E-state index in [4.69, 9.17) is 11.6 Å². The predicted octanol–water partition coefficient (Wildman–Crippen LogP) is 3.83. The summed E-state index contributed by atoms with van der Waals surface area (Å²) in [6.45, 7) is 0. The first-order valence-corrected chi connectivity index (χ1v) is 5.36. The van der Waals surface area contributed by atoms with Crippen LogP contribution in [0.15, 0.2) is 29.8 Å². The molecule has 3 heteroatoms. The van der Waals surface area contributed by atoms with Gasteiger partial charge in [0.15, 0.2) is 0 Å². The minimum Gasteiger partial charge on any atom is -0.207 e. The van der Waals surface area contributed by atoms with Gasteiger partial charge in [-0.15, -0.1) is 11.6 Å². The molecule has 0 fully saturated rings. The van der Waals surface area contributed by atoms with Gasteiger partial charge >= 0.3 is 0 Å². The van der Waals surface area contributed by atoms with Crippen LogP contribution in [-0.2, 0) is 6.42 Å². The molecule has 1 aromatic rings. The standard InChI is InChI=1S/C12H11ClF2/c13-10-3-1-8(6-10)5-9-2-4-11(14)7-12(9)15/h2,4,6-7,10H,1,3,5H2. The Kier molecular flexibility index (Phi) is 3.06. The molecule has 0 amide bonds. The van der Waals surface area contributed by atoms with Crippen LogP contribution in [0, 0.1) is 11.6 Å². The van der Waals surface area contributed by atoms with Crippen molar-refractivity contribution in [2.45, 2.75) is 24.6 Å². The van der Waals surface area contributed by atoms with Crippen molar-refractivity contribution in [2.24, 2.45) is 0 Å². The van der Waals surface area contributed by atoms with Gasteiger partial charge in [0, 0.05) is 6.07 Å². The van der Waals surface area contributed by atoms with Gasteiger partial charge in [0.05, 0.1) is 5.38 Å². The van der Waals surface area contributed by atoms with Gasteiger partial charge in [-0.1, -0.05) is 17.7 Å². The summed E-state index contributed by atoms with van der Waals surface area (Å²) >= 11 is 5.91. The average Bonchev–Trinajstić information content (AvgIpc) is 2.56. The summed E-state index contributed by atoms with van der Waals surface area (Å²) in [6, 6.07) is 3.70. The minimum absolute atomic E-state index is 0.0727. The Morgan fingerprint density at radius 1 is 1.33 bits per heavy atom. The zero-order valence-corrected chi connectivity index (χ0v) is 8.90. The van der Waals surface area contributed by atoms with E-state index in [1.165, 1.54) is 12.1 Å². The molecule has 0 spiro atoms. The highest BCUT2D eigenvalue weighted by Crippen LogP contribution is 2.26. The predicted molar refractivity (Wildman–Crippen MR) is 57.0 cm³/mol. The second-order valence-corrected chi connectivity index (χ2v) is 4.35. The molecule has 80 valence electrons. The Morgan fingerprint density at radius 3 is 2.73 bits per heavy atom. The molecule has 1 aromatic carbocycles. The summed E-state index contributed by atoms with van der Waals surface area (Å²) in [5.74, 6) is -1.01. The lowest BCUT2D eigenvalue weighted by Crippen LogP contribution is -1.93. The number of alkyl halides is 1. The second kappa shape index (κ2) is 4.31. The van der Waals surface area contributed by atoms with E-state index < -0.39 is 11.6 Å². The Morgan fingerprint density at radius 2 is 2.13 bits per heavy atom. The molecule has 0 saturated carbocycles. The highest BCUT2D eigenvalue weighted by Gasteiger charge is 2.14. The minimum atomic E-state index is -0.535. The van der Waals surface area contributed by atoms with Crippen LogP contribution in [0.2, 0.25) is 0 Å². The Hall–Kier alpha value is -0.890. The van der Waals surface area contributed by atoms with Gasteiger partial charge < -0.3 is 0 Å². The van der Waals surface area contributed by atoms with Gasteiger partial charge in [0.1, 0.15) is 11.6 Å². The van der Waals surface area contributed by atoms with Crippen LogP contribution < -0.4 is 0 Å². The number of hydrogen-bond donors (Lipinski definition) is 0.